The number of fused-ring (bicyclic) bond motifs is 1. The zero-order valence-corrected chi connectivity index (χ0v) is 15.8. The lowest BCUT2D eigenvalue weighted by atomic mass is 9.80. The van der Waals surface area contributed by atoms with Crippen LogP contribution in [0.5, 0.6) is 0 Å². The van der Waals surface area contributed by atoms with Crippen molar-refractivity contribution in [1.29, 1.82) is 0 Å². The highest BCUT2D eigenvalue weighted by molar-refractivity contribution is 5.72. The Morgan fingerprint density at radius 1 is 1.11 bits per heavy atom. The number of esters is 1. The smallest absolute Gasteiger partial charge is 0.416 e. The third kappa shape index (κ3) is 5.03. The first-order chi connectivity index (χ1) is 13.4. The number of rotatable bonds is 5. The summed E-state index contributed by atoms with van der Waals surface area (Å²) in [6.07, 6.45) is 2.77. The summed E-state index contributed by atoms with van der Waals surface area (Å²) in [5.41, 5.74) is 3.49. The third-order valence-electron chi connectivity index (χ3n) is 5.03. The van der Waals surface area contributed by atoms with Gasteiger partial charge in [-0.25, -0.2) is 0 Å². The van der Waals surface area contributed by atoms with Gasteiger partial charge >= 0.3 is 12.1 Å². The molecule has 5 heteroatoms. The summed E-state index contributed by atoms with van der Waals surface area (Å²) in [5.74, 6) is 0.0300. The highest BCUT2D eigenvalue weighted by atomic mass is 19.4. The topological polar surface area (TPSA) is 26.3 Å². The molecular formula is C23H23F3O2. The Morgan fingerprint density at radius 2 is 1.79 bits per heavy atom. The number of aryl methyl sites for hydroxylation is 1. The van der Waals surface area contributed by atoms with Crippen LogP contribution in [-0.2, 0) is 22.1 Å². The minimum Gasteiger partial charge on any atom is -0.466 e. The van der Waals surface area contributed by atoms with Crippen LogP contribution in [-0.4, -0.2) is 12.6 Å². The largest absolute Gasteiger partial charge is 0.466 e. The Hall–Kier alpha value is -2.56. The van der Waals surface area contributed by atoms with Crippen molar-refractivity contribution >= 4 is 18.1 Å². The quantitative estimate of drug-likeness (QED) is 0.447. The number of hydrogen-bond donors (Lipinski definition) is 0. The predicted octanol–water partition coefficient (Wildman–Crippen LogP) is 6.25. The van der Waals surface area contributed by atoms with Crippen molar-refractivity contribution in [2.45, 2.75) is 44.7 Å². The van der Waals surface area contributed by atoms with Gasteiger partial charge in [0, 0.05) is 0 Å². The number of alkyl halides is 3. The van der Waals surface area contributed by atoms with E-state index in [0.29, 0.717) is 18.6 Å². The van der Waals surface area contributed by atoms with Crippen molar-refractivity contribution in [3.63, 3.8) is 0 Å². The van der Waals surface area contributed by atoms with E-state index in [2.05, 4.69) is 12.1 Å². The second-order valence-corrected chi connectivity index (χ2v) is 7.01. The van der Waals surface area contributed by atoms with Gasteiger partial charge in [0.25, 0.3) is 0 Å². The maximum atomic E-state index is 12.6. The van der Waals surface area contributed by atoms with Crippen LogP contribution in [0.4, 0.5) is 13.2 Å². The molecule has 0 heterocycles. The van der Waals surface area contributed by atoms with Gasteiger partial charge in [0.2, 0.25) is 0 Å². The van der Waals surface area contributed by atoms with Crippen LogP contribution in [0.25, 0.3) is 12.2 Å². The van der Waals surface area contributed by atoms with Gasteiger partial charge in [-0.15, -0.1) is 0 Å². The maximum Gasteiger partial charge on any atom is 0.416 e. The van der Waals surface area contributed by atoms with Crippen LogP contribution in [0.15, 0.2) is 42.5 Å². The molecule has 0 spiro atoms. The van der Waals surface area contributed by atoms with E-state index >= 15 is 0 Å². The Kier molecular flexibility index (Phi) is 6.22. The lowest BCUT2D eigenvalue weighted by Crippen LogP contribution is -2.15. The van der Waals surface area contributed by atoms with Gasteiger partial charge in [0.1, 0.15) is 0 Å². The minimum atomic E-state index is -4.32. The van der Waals surface area contributed by atoms with Gasteiger partial charge in [0.15, 0.2) is 0 Å². The average Bonchev–Trinajstić information content (AvgIpc) is 2.66. The SMILES string of the molecule is CCOC(=O)CC1CCCc2cc(C=Cc3ccc(C(F)(F)F)cc3)ccc21. The molecule has 0 bridgehead atoms. The number of hydrogen-bond acceptors (Lipinski definition) is 2. The van der Waals surface area contributed by atoms with Crippen LogP contribution in [0.1, 0.15) is 59.9 Å². The fourth-order valence-corrected chi connectivity index (χ4v) is 3.65. The second kappa shape index (κ2) is 8.63. The first-order valence-corrected chi connectivity index (χ1v) is 9.50. The van der Waals surface area contributed by atoms with E-state index in [0.717, 1.165) is 37.0 Å². The normalized spacial score (nSPS) is 16.8. The molecule has 0 saturated carbocycles. The van der Waals surface area contributed by atoms with Gasteiger partial charge in [-0.3, -0.25) is 4.79 Å². The third-order valence-corrected chi connectivity index (χ3v) is 5.03. The van der Waals surface area contributed by atoms with E-state index in [4.69, 9.17) is 4.74 Å². The molecule has 1 unspecified atom stereocenters. The number of carbonyl (C=O) groups excluding carboxylic acids is 1. The summed E-state index contributed by atoms with van der Waals surface area (Å²) in [4.78, 5) is 11.8. The first-order valence-electron chi connectivity index (χ1n) is 9.50. The van der Waals surface area contributed by atoms with E-state index in [-0.39, 0.29) is 11.9 Å². The minimum absolute atomic E-state index is 0.161. The maximum absolute atomic E-state index is 12.6. The molecule has 0 aliphatic heterocycles. The Labute approximate surface area is 163 Å². The van der Waals surface area contributed by atoms with E-state index < -0.39 is 11.7 Å². The summed E-state index contributed by atoms with van der Waals surface area (Å²) in [7, 11) is 0. The number of carbonyl (C=O) groups is 1. The van der Waals surface area contributed by atoms with Crippen molar-refractivity contribution in [2.24, 2.45) is 0 Å². The molecular weight excluding hydrogens is 365 g/mol. The highest BCUT2D eigenvalue weighted by Crippen LogP contribution is 2.35. The van der Waals surface area contributed by atoms with Gasteiger partial charge in [-0.2, -0.15) is 13.2 Å². The van der Waals surface area contributed by atoms with Crippen molar-refractivity contribution in [3.05, 3.63) is 70.3 Å². The standard InChI is InChI=1S/C23H23F3O2/c1-2-28-22(27)15-19-5-3-4-18-14-17(10-13-21(18)19)7-6-16-8-11-20(12-9-16)23(24,25)26/h6-14,19H,2-5,15H2,1H3. The molecule has 2 aromatic carbocycles. The molecule has 3 rings (SSSR count). The zero-order valence-electron chi connectivity index (χ0n) is 15.8. The fourth-order valence-electron chi connectivity index (χ4n) is 3.65. The van der Waals surface area contributed by atoms with E-state index in [1.54, 1.807) is 6.08 Å². The number of ether oxygens (including phenoxy) is 1. The summed E-state index contributed by atoms with van der Waals surface area (Å²) in [6, 6.07) is 11.3. The molecule has 0 aromatic heterocycles. The van der Waals surface area contributed by atoms with Crippen LogP contribution < -0.4 is 0 Å². The number of halogens is 3. The molecule has 28 heavy (non-hydrogen) atoms. The van der Waals surface area contributed by atoms with Crippen LogP contribution in [0.3, 0.4) is 0 Å². The van der Waals surface area contributed by atoms with Crippen LogP contribution >= 0.6 is 0 Å². The van der Waals surface area contributed by atoms with Gasteiger partial charge in [-0.1, -0.05) is 42.5 Å². The van der Waals surface area contributed by atoms with Crippen molar-refractivity contribution in [1.82, 2.24) is 0 Å². The number of benzene rings is 2. The first kappa shape index (κ1) is 20.2. The molecule has 0 fully saturated rings. The van der Waals surface area contributed by atoms with Gasteiger partial charge < -0.3 is 4.74 Å². The Balaban J connectivity index is 1.73. The van der Waals surface area contributed by atoms with Crippen molar-refractivity contribution in [2.75, 3.05) is 6.61 Å². The Bertz CT molecular complexity index is 851. The molecule has 148 valence electrons. The van der Waals surface area contributed by atoms with Crippen LogP contribution in [0.2, 0.25) is 0 Å². The Morgan fingerprint density at radius 3 is 2.46 bits per heavy atom. The summed E-state index contributed by atoms with van der Waals surface area (Å²) >= 11 is 0. The monoisotopic (exact) mass is 388 g/mol. The second-order valence-electron chi connectivity index (χ2n) is 7.01. The summed E-state index contributed by atoms with van der Waals surface area (Å²) in [5, 5.41) is 0. The van der Waals surface area contributed by atoms with Crippen molar-refractivity contribution < 1.29 is 22.7 Å². The zero-order chi connectivity index (χ0) is 20.1. The molecule has 2 nitrogen and oxygen atoms in total. The van der Waals surface area contributed by atoms with Gasteiger partial charge in [-0.05, 0) is 66.5 Å². The van der Waals surface area contributed by atoms with Gasteiger partial charge in [0.05, 0.1) is 18.6 Å². The average molecular weight is 388 g/mol. The van der Waals surface area contributed by atoms with E-state index in [1.165, 1.54) is 23.3 Å². The molecule has 2 aromatic rings. The molecule has 1 atom stereocenters. The lowest BCUT2D eigenvalue weighted by Gasteiger charge is -2.25. The highest BCUT2D eigenvalue weighted by Gasteiger charge is 2.29. The molecule has 0 radical (unpaired) electrons. The van der Waals surface area contributed by atoms with Crippen LogP contribution in [0, 0.1) is 0 Å². The fraction of sp³-hybridized carbons (Fsp3) is 0.348. The lowest BCUT2D eigenvalue weighted by molar-refractivity contribution is -0.143. The summed E-state index contributed by atoms with van der Waals surface area (Å²) < 4.78 is 43.0. The molecule has 0 saturated heterocycles. The molecule has 1 aliphatic rings. The van der Waals surface area contributed by atoms with E-state index in [9.17, 15) is 18.0 Å². The summed E-state index contributed by atoms with van der Waals surface area (Å²) in [6.45, 7) is 2.20. The predicted molar refractivity (Wildman–Crippen MR) is 104 cm³/mol. The van der Waals surface area contributed by atoms with Crippen molar-refractivity contribution in [3.8, 4) is 0 Å². The molecule has 0 N–H and O–H groups in total. The molecule has 0 amide bonds. The molecule has 1 aliphatic carbocycles. The van der Waals surface area contributed by atoms with E-state index in [1.807, 2.05) is 19.1 Å².